The molecule has 25 heavy (non-hydrogen) atoms. The topological polar surface area (TPSA) is 141 Å². The molecule has 11 nitrogen and oxygen atoms in total. The quantitative estimate of drug-likeness (QED) is 0.493. The highest BCUT2D eigenvalue weighted by Gasteiger charge is 2.52. The summed E-state index contributed by atoms with van der Waals surface area (Å²) in [7, 11) is -2.38. The molecule has 0 N–H and O–H groups in total. The van der Waals surface area contributed by atoms with E-state index in [2.05, 4.69) is 48.1 Å². The van der Waals surface area contributed by atoms with Crippen molar-refractivity contribution in [2.45, 2.75) is 10.2 Å². The van der Waals surface area contributed by atoms with Gasteiger partial charge in [0.05, 0.1) is 17.9 Å². The lowest BCUT2D eigenvalue weighted by Gasteiger charge is -2.29. The van der Waals surface area contributed by atoms with Gasteiger partial charge in [0.25, 0.3) is 5.22 Å². The lowest BCUT2D eigenvalue weighted by molar-refractivity contribution is 0.451. The fraction of sp³-hybridized carbons (Fsp3) is 0. The molecule has 0 spiro atoms. The summed E-state index contributed by atoms with van der Waals surface area (Å²) in [5, 5.41) is 24.7. The number of hydrogen-bond acceptors (Lipinski definition) is 14. The molecule has 0 saturated heterocycles. The maximum atomic E-state index is 5.59. The lowest BCUT2D eigenvalue weighted by Crippen LogP contribution is -2.22. The van der Waals surface area contributed by atoms with Crippen LogP contribution in [0.2, 0.25) is 0 Å². The Hall–Kier alpha value is -2.49. The highest BCUT2D eigenvalue weighted by Crippen LogP contribution is 2.67. The molecule has 1 aliphatic heterocycles. The van der Waals surface area contributed by atoms with Crippen molar-refractivity contribution < 1.29 is 4.42 Å². The summed E-state index contributed by atoms with van der Waals surface area (Å²) >= 11 is 3.50. The molecule has 5 rings (SSSR count). The zero-order valence-corrected chi connectivity index (χ0v) is 15.1. The molecule has 1 atom stereocenters. The lowest BCUT2D eigenvalue weighted by atomic mass is 10.5. The van der Waals surface area contributed by atoms with Gasteiger partial charge in [0.1, 0.15) is 21.3 Å². The van der Waals surface area contributed by atoms with E-state index in [0.717, 1.165) is 11.7 Å². The van der Waals surface area contributed by atoms with E-state index >= 15 is 0 Å². The third-order valence-electron chi connectivity index (χ3n) is 3.20. The van der Waals surface area contributed by atoms with Gasteiger partial charge in [-0.3, -0.25) is 0 Å². The summed E-state index contributed by atoms with van der Waals surface area (Å²) in [6.07, 6.45) is 2.87. The fourth-order valence-electron chi connectivity index (χ4n) is 2.26. The van der Waals surface area contributed by atoms with Crippen LogP contribution in [0.3, 0.4) is 0 Å². The number of aromatic nitrogens is 8. The Bertz CT molecular complexity index is 951. The van der Waals surface area contributed by atoms with Crippen molar-refractivity contribution in [2.75, 3.05) is 0 Å². The van der Waals surface area contributed by atoms with Crippen molar-refractivity contribution in [1.29, 1.82) is 0 Å². The Kier molecular flexibility index (Phi) is 3.44. The van der Waals surface area contributed by atoms with E-state index < -0.39 is 10.0 Å². The Balaban J connectivity index is 1.84. The van der Waals surface area contributed by atoms with Crippen LogP contribution >= 0.6 is 44.8 Å². The second-order valence-electron chi connectivity index (χ2n) is 4.42. The molecule has 1 unspecified atom stereocenters. The van der Waals surface area contributed by atoms with Crippen LogP contribution in [0.25, 0.3) is 0 Å². The molecule has 4 aromatic rings. The minimum Gasteiger partial charge on any atom is -0.419 e. The average molecular weight is 408 g/mol. The SMILES string of the molecule is c1nnc(S2(c3csnn3)C(c3cnsn3)=NN=C2c2ncsn2)o1. The molecule has 5 heterocycles. The molecule has 1 aliphatic rings. The maximum Gasteiger partial charge on any atom is 0.275 e. The van der Waals surface area contributed by atoms with E-state index in [-0.39, 0.29) is 0 Å². The largest absolute Gasteiger partial charge is 0.419 e. The Morgan fingerprint density at radius 3 is 2.68 bits per heavy atom. The number of nitrogens with zero attached hydrogens (tertiary/aromatic N) is 10. The van der Waals surface area contributed by atoms with Gasteiger partial charge in [-0.2, -0.15) is 13.1 Å². The second-order valence-corrected chi connectivity index (χ2v) is 8.95. The smallest absolute Gasteiger partial charge is 0.275 e. The van der Waals surface area contributed by atoms with Gasteiger partial charge in [-0.25, -0.2) is 4.98 Å². The molecule has 4 aromatic heterocycles. The van der Waals surface area contributed by atoms with Crippen molar-refractivity contribution in [3.63, 3.8) is 0 Å². The molecule has 0 fully saturated rings. The van der Waals surface area contributed by atoms with Gasteiger partial charge in [-0.15, -0.1) is 25.5 Å². The second kappa shape index (κ2) is 5.80. The van der Waals surface area contributed by atoms with Gasteiger partial charge in [0.15, 0.2) is 10.9 Å². The predicted molar refractivity (Wildman–Crippen MR) is 91.2 cm³/mol. The predicted octanol–water partition coefficient (Wildman–Crippen LogP) is 1.67. The van der Waals surface area contributed by atoms with Gasteiger partial charge in [0.2, 0.25) is 6.39 Å². The summed E-state index contributed by atoms with van der Waals surface area (Å²) in [5.41, 5.74) is 2.19. The van der Waals surface area contributed by atoms with Gasteiger partial charge in [-0.1, -0.05) is 4.49 Å². The van der Waals surface area contributed by atoms with Crippen molar-refractivity contribution in [3.05, 3.63) is 35.0 Å². The molecule has 0 aromatic carbocycles. The molecule has 0 amide bonds. The molecule has 0 radical (unpaired) electrons. The Morgan fingerprint density at radius 1 is 1.04 bits per heavy atom. The van der Waals surface area contributed by atoms with E-state index in [1.54, 1.807) is 11.7 Å². The van der Waals surface area contributed by atoms with Gasteiger partial charge in [0, 0.05) is 5.38 Å². The molecular weight excluding hydrogens is 404 g/mol. The Labute approximate surface area is 152 Å². The summed E-state index contributed by atoms with van der Waals surface area (Å²) in [6, 6.07) is 0. The van der Waals surface area contributed by atoms with Crippen LogP contribution in [0.4, 0.5) is 0 Å². The first-order chi connectivity index (χ1) is 12.4. The van der Waals surface area contributed by atoms with Gasteiger partial charge >= 0.3 is 0 Å². The van der Waals surface area contributed by atoms with Crippen LogP contribution in [0.1, 0.15) is 11.5 Å². The van der Waals surface area contributed by atoms with E-state index in [9.17, 15) is 0 Å². The molecule has 0 bridgehead atoms. The highest BCUT2D eigenvalue weighted by molar-refractivity contribution is 8.56. The number of rotatable bonds is 4. The minimum atomic E-state index is -2.38. The third kappa shape index (κ3) is 2.10. The molecule has 0 aliphatic carbocycles. The normalized spacial score (nSPS) is 22.4. The zero-order valence-electron chi connectivity index (χ0n) is 11.8. The van der Waals surface area contributed by atoms with Crippen LogP contribution < -0.4 is 0 Å². The number of hydrogen-bond donors (Lipinski definition) is 0. The third-order valence-corrected chi connectivity index (χ3v) is 8.05. The van der Waals surface area contributed by atoms with Crippen LogP contribution in [-0.2, 0) is 0 Å². The zero-order chi connectivity index (χ0) is 16.7. The van der Waals surface area contributed by atoms with Crippen LogP contribution in [0, 0.1) is 0 Å². The van der Waals surface area contributed by atoms with E-state index in [1.807, 2.05) is 5.38 Å². The average Bonchev–Trinajstić information content (AvgIpc) is 3.48. The highest BCUT2D eigenvalue weighted by atomic mass is 32.3. The van der Waals surface area contributed by atoms with Gasteiger partial charge < -0.3 is 4.42 Å². The van der Waals surface area contributed by atoms with Crippen molar-refractivity contribution in [2.24, 2.45) is 10.2 Å². The first-order valence-corrected chi connectivity index (χ1v) is 10.5. The summed E-state index contributed by atoms with van der Waals surface area (Å²) in [6.45, 7) is 0. The van der Waals surface area contributed by atoms with Crippen LogP contribution in [-0.4, -0.2) is 48.0 Å². The standard InChI is InChI=1S/C10H4N10OS4/c1-5(18-24-13-1)8-15-16-9(7-11-4-23-19-7)25(8,6-2-22-20-14-6)10-17-12-3-21-10/h1-4H. The van der Waals surface area contributed by atoms with E-state index in [1.165, 1.54) is 29.5 Å². The summed E-state index contributed by atoms with van der Waals surface area (Å²) in [5.74, 6) is 0.438. The van der Waals surface area contributed by atoms with Gasteiger partial charge in [-0.05, 0) is 33.1 Å². The maximum absolute atomic E-state index is 5.59. The molecular formula is C10H4N10OS4. The fourth-order valence-corrected chi connectivity index (χ4v) is 7.01. The van der Waals surface area contributed by atoms with Crippen molar-refractivity contribution in [3.8, 4) is 0 Å². The first-order valence-electron chi connectivity index (χ1n) is 6.48. The molecule has 0 saturated carbocycles. The monoisotopic (exact) mass is 408 g/mol. The van der Waals surface area contributed by atoms with Crippen LogP contribution in [0.15, 0.2) is 48.3 Å². The Morgan fingerprint density at radius 2 is 2.00 bits per heavy atom. The van der Waals surface area contributed by atoms with E-state index in [0.29, 0.717) is 31.9 Å². The molecule has 124 valence electrons. The minimum absolute atomic E-state index is 0.318. The molecule has 15 heteroatoms. The van der Waals surface area contributed by atoms with Crippen molar-refractivity contribution in [1.82, 2.24) is 37.9 Å². The summed E-state index contributed by atoms with van der Waals surface area (Å²) in [4.78, 5) is 4.29. The summed E-state index contributed by atoms with van der Waals surface area (Å²) < 4.78 is 22.3. The van der Waals surface area contributed by atoms with Crippen molar-refractivity contribution >= 4 is 54.9 Å². The van der Waals surface area contributed by atoms with E-state index in [4.69, 9.17) is 4.42 Å². The van der Waals surface area contributed by atoms with Crippen LogP contribution in [0.5, 0.6) is 0 Å². The first kappa shape index (κ1) is 14.8.